The third-order valence-corrected chi connectivity index (χ3v) is 7.98. The highest BCUT2D eigenvalue weighted by molar-refractivity contribution is 7.89. The van der Waals surface area contributed by atoms with Gasteiger partial charge < -0.3 is 5.32 Å². The average Bonchev–Trinajstić information content (AvgIpc) is 2.70. The number of sulfonamides is 1. The molecule has 0 radical (unpaired) electrons. The Kier molecular flexibility index (Phi) is 6.68. The molecular formula is C24H32N2O3S. The molecule has 1 atom stereocenters. The lowest BCUT2D eigenvalue weighted by atomic mass is 9.99. The molecule has 2 aromatic carbocycles. The summed E-state index contributed by atoms with van der Waals surface area (Å²) in [6.45, 7) is 11.0. The Balaban J connectivity index is 1.84. The molecule has 0 unspecified atom stereocenters. The largest absolute Gasteiger partial charge is 0.345 e. The Morgan fingerprint density at radius 3 is 2.33 bits per heavy atom. The zero-order valence-electron chi connectivity index (χ0n) is 18.5. The number of carbonyl (C=O) groups excluding carboxylic acids is 1. The van der Waals surface area contributed by atoms with Gasteiger partial charge in [0.1, 0.15) is 0 Å². The zero-order chi connectivity index (χ0) is 22.1. The van der Waals surface area contributed by atoms with Crippen LogP contribution >= 0.6 is 0 Å². The molecule has 1 N–H and O–H groups in total. The number of rotatable bonds is 5. The lowest BCUT2D eigenvalue weighted by Crippen LogP contribution is -2.38. The van der Waals surface area contributed by atoms with Gasteiger partial charge in [0, 0.05) is 18.7 Å². The third-order valence-electron chi connectivity index (χ3n) is 6.08. The smallest absolute Gasteiger partial charge is 0.252 e. The molecule has 1 aliphatic rings. The highest BCUT2D eigenvalue weighted by Gasteiger charge is 2.29. The number of hydrogen-bond acceptors (Lipinski definition) is 3. The number of nitrogens with one attached hydrogen (secondary N) is 1. The first-order chi connectivity index (χ1) is 14.1. The molecule has 1 aliphatic heterocycles. The molecule has 3 rings (SSSR count). The first-order valence-corrected chi connectivity index (χ1v) is 12.0. The molecule has 2 aromatic rings. The van der Waals surface area contributed by atoms with Crippen LogP contribution in [0.2, 0.25) is 0 Å². The monoisotopic (exact) mass is 428 g/mol. The van der Waals surface area contributed by atoms with Crippen LogP contribution in [0.3, 0.4) is 0 Å². The minimum absolute atomic E-state index is 0.180. The molecule has 30 heavy (non-hydrogen) atoms. The Labute approximate surface area is 180 Å². The predicted octanol–water partition coefficient (Wildman–Crippen LogP) is 4.52. The maximum Gasteiger partial charge on any atom is 0.252 e. The quantitative estimate of drug-likeness (QED) is 0.761. The number of nitrogens with zero attached hydrogens (tertiary/aromatic N) is 1. The van der Waals surface area contributed by atoms with Gasteiger partial charge in [-0.05, 0) is 75.3 Å². The maximum absolute atomic E-state index is 13.1. The third kappa shape index (κ3) is 4.76. The fourth-order valence-corrected chi connectivity index (χ4v) is 5.46. The standard InChI is InChI=1S/C24H32N2O3S/c1-16-10-12-26(13-11-16)30(28,29)21-9-8-19(4)23(15-21)24(27)25-20(5)22-14-17(2)6-7-18(22)3/h6-9,14-16,20H,10-13H2,1-5H3,(H,25,27)/t20-/m1/s1. The normalized spacial score (nSPS) is 17.0. The van der Waals surface area contributed by atoms with Gasteiger partial charge >= 0.3 is 0 Å². The summed E-state index contributed by atoms with van der Waals surface area (Å²) < 4.78 is 27.7. The lowest BCUT2D eigenvalue weighted by Gasteiger charge is -2.29. The average molecular weight is 429 g/mol. The van der Waals surface area contributed by atoms with Gasteiger partial charge in [0.05, 0.1) is 10.9 Å². The van der Waals surface area contributed by atoms with Crippen molar-refractivity contribution in [1.29, 1.82) is 0 Å². The summed E-state index contributed by atoms with van der Waals surface area (Å²) in [6, 6.07) is 10.8. The van der Waals surface area contributed by atoms with Crippen LogP contribution in [-0.2, 0) is 10.0 Å². The molecule has 1 amide bonds. The Morgan fingerprint density at radius 1 is 1.03 bits per heavy atom. The minimum Gasteiger partial charge on any atom is -0.345 e. The second-order valence-corrected chi connectivity index (χ2v) is 10.6. The van der Waals surface area contributed by atoms with Crippen LogP contribution in [0.4, 0.5) is 0 Å². The van der Waals surface area contributed by atoms with E-state index in [1.54, 1.807) is 12.1 Å². The highest BCUT2D eigenvalue weighted by atomic mass is 32.2. The van der Waals surface area contributed by atoms with Crippen molar-refractivity contribution < 1.29 is 13.2 Å². The van der Waals surface area contributed by atoms with E-state index in [9.17, 15) is 13.2 Å². The summed E-state index contributed by atoms with van der Waals surface area (Å²) in [6.07, 6.45) is 1.73. The number of benzene rings is 2. The molecule has 1 fully saturated rings. The van der Waals surface area contributed by atoms with Crippen LogP contribution in [-0.4, -0.2) is 31.7 Å². The Bertz CT molecular complexity index is 1040. The van der Waals surface area contributed by atoms with Crippen molar-refractivity contribution in [2.75, 3.05) is 13.1 Å². The molecular weight excluding hydrogens is 396 g/mol. The number of piperidine rings is 1. The van der Waals surface area contributed by atoms with E-state index in [-0.39, 0.29) is 16.8 Å². The molecule has 1 heterocycles. The summed E-state index contributed by atoms with van der Waals surface area (Å²) in [7, 11) is -3.60. The maximum atomic E-state index is 13.1. The van der Waals surface area contributed by atoms with E-state index in [4.69, 9.17) is 0 Å². The Morgan fingerprint density at radius 2 is 1.67 bits per heavy atom. The first kappa shape index (κ1) is 22.5. The Hall–Kier alpha value is -2.18. The van der Waals surface area contributed by atoms with E-state index in [1.165, 1.54) is 10.4 Å². The fraction of sp³-hybridized carbons (Fsp3) is 0.458. The SMILES string of the molecule is Cc1ccc(C)c([C@@H](C)NC(=O)c2cc(S(=O)(=O)N3CCC(C)CC3)ccc2C)c1. The van der Waals surface area contributed by atoms with Crippen LogP contribution in [0.25, 0.3) is 0 Å². The first-order valence-electron chi connectivity index (χ1n) is 10.6. The van der Waals surface area contributed by atoms with Crippen molar-refractivity contribution in [1.82, 2.24) is 9.62 Å². The summed E-state index contributed by atoms with van der Waals surface area (Å²) in [5, 5.41) is 3.04. The van der Waals surface area contributed by atoms with Crippen molar-refractivity contribution in [2.24, 2.45) is 5.92 Å². The molecule has 5 nitrogen and oxygen atoms in total. The van der Waals surface area contributed by atoms with Gasteiger partial charge in [-0.1, -0.05) is 36.8 Å². The van der Waals surface area contributed by atoms with Gasteiger partial charge in [-0.2, -0.15) is 4.31 Å². The second-order valence-electron chi connectivity index (χ2n) is 8.62. The molecule has 6 heteroatoms. The van der Waals surface area contributed by atoms with Gasteiger partial charge in [0.2, 0.25) is 10.0 Å². The van der Waals surface area contributed by atoms with Gasteiger partial charge in [0.25, 0.3) is 5.91 Å². The molecule has 0 aromatic heterocycles. The molecule has 0 aliphatic carbocycles. The second kappa shape index (κ2) is 8.90. The van der Waals surface area contributed by atoms with Crippen LogP contribution in [0.15, 0.2) is 41.3 Å². The van der Waals surface area contributed by atoms with Gasteiger partial charge in [0.15, 0.2) is 0 Å². The number of hydrogen-bond donors (Lipinski definition) is 1. The van der Waals surface area contributed by atoms with Crippen molar-refractivity contribution >= 4 is 15.9 Å². The van der Waals surface area contributed by atoms with Gasteiger partial charge in [-0.3, -0.25) is 4.79 Å². The van der Waals surface area contributed by atoms with E-state index in [1.807, 2.05) is 39.8 Å². The van der Waals surface area contributed by atoms with Crippen LogP contribution in [0, 0.1) is 26.7 Å². The number of carbonyl (C=O) groups is 1. The summed E-state index contributed by atoms with van der Waals surface area (Å²) >= 11 is 0. The van der Waals surface area contributed by atoms with E-state index in [0.717, 1.165) is 35.1 Å². The lowest BCUT2D eigenvalue weighted by molar-refractivity contribution is 0.0939. The van der Waals surface area contributed by atoms with E-state index >= 15 is 0 Å². The fourth-order valence-electron chi connectivity index (χ4n) is 3.96. The topological polar surface area (TPSA) is 66.5 Å². The van der Waals surface area contributed by atoms with Crippen molar-refractivity contribution in [3.63, 3.8) is 0 Å². The number of aryl methyl sites for hydroxylation is 3. The van der Waals surface area contributed by atoms with E-state index in [0.29, 0.717) is 24.6 Å². The summed E-state index contributed by atoms with van der Waals surface area (Å²) in [5.41, 5.74) is 4.47. The zero-order valence-corrected chi connectivity index (χ0v) is 19.3. The summed E-state index contributed by atoms with van der Waals surface area (Å²) in [5.74, 6) is 0.285. The van der Waals surface area contributed by atoms with Gasteiger partial charge in [-0.25, -0.2) is 8.42 Å². The highest BCUT2D eigenvalue weighted by Crippen LogP contribution is 2.26. The molecule has 1 saturated heterocycles. The van der Waals surface area contributed by atoms with E-state index in [2.05, 4.69) is 18.3 Å². The van der Waals surface area contributed by atoms with Crippen LogP contribution in [0.1, 0.15) is 65.3 Å². The molecule has 162 valence electrons. The molecule has 0 bridgehead atoms. The predicted molar refractivity (Wildman–Crippen MR) is 120 cm³/mol. The van der Waals surface area contributed by atoms with Crippen molar-refractivity contribution in [3.05, 3.63) is 64.2 Å². The number of amides is 1. The van der Waals surface area contributed by atoms with Crippen LogP contribution in [0.5, 0.6) is 0 Å². The minimum atomic E-state index is -3.60. The van der Waals surface area contributed by atoms with Crippen LogP contribution < -0.4 is 5.32 Å². The summed E-state index contributed by atoms with van der Waals surface area (Å²) in [4.78, 5) is 13.2. The van der Waals surface area contributed by atoms with Crippen molar-refractivity contribution in [2.45, 2.75) is 58.4 Å². The molecule has 0 saturated carbocycles. The molecule has 0 spiro atoms. The van der Waals surface area contributed by atoms with Crippen molar-refractivity contribution in [3.8, 4) is 0 Å². The van der Waals surface area contributed by atoms with Gasteiger partial charge in [-0.15, -0.1) is 0 Å². The van der Waals surface area contributed by atoms with E-state index < -0.39 is 10.0 Å².